The largest absolute Gasteiger partial charge is 0.312 e. The van der Waals surface area contributed by atoms with E-state index in [2.05, 4.69) is 17.2 Å². The molecule has 158 valence electrons. The standard InChI is InChI=1S/C24H26F2N2OS/c1-3-4-5-6-7-8-22-27-15-23(30-22)28-24(29)19-12-11-18(14-21(19)26)17-10-9-16(2)20(25)13-17/h9-15H,3-8H2,1-2H3,(H,28,29). The number of nitrogens with one attached hydrogen (secondary N) is 1. The maximum atomic E-state index is 14.6. The molecule has 0 radical (unpaired) electrons. The summed E-state index contributed by atoms with van der Waals surface area (Å²) in [6.45, 7) is 3.86. The van der Waals surface area contributed by atoms with E-state index in [4.69, 9.17) is 0 Å². The lowest BCUT2D eigenvalue weighted by Crippen LogP contribution is -2.12. The first-order chi connectivity index (χ1) is 14.5. The number of amides is 1. The van der Waals surface area contributed by atoms with Crippen LogP contribution in [0.5, 0.6) is 0 Å². The molecule has 0 saturated heterocycles. The van der Waals surface area contributed by atoms with Crippen molar-refractivity contribution < 1.29 is 13.6 Å². The van der Waals surface area contributed by atoms with Crippen molar-refractivity contribution in [3.8, 4) is 11.1 Å². The average molecular weight is 429 g/mol. The van der Waals surface area contributed by atoms with E-state index < -0.39 is 11.7 Å². The molecular weight excluding hydrogens is 402 g/mol. The molecule has 3 nitrogen and oxygen atoms in total. The van der Waals surface area contributed by atoms with Crippen LogP contribution in [-0.2, 0) is 6.42 Å². The van der Waals surface area contributed by atoms with Crippen LogP contribution < -0.4 is 5.32 Å². The van der Waals surface area contributed by atoms with Crippen molar-refractivity contribution in [2.75, 3.05) is 5.32 Å². The fourth-order valence-electron chi connectivity index (χ4n) is 3.19. The van der Waals surface area contributed by atoms with Crippen LogP contribution in [-0.4, -0.2) is 10.9 Å². The number of benzene rings is 2. The van der Waals surface area contributed by atoms with Crippen molar-refractivity contribution in [3.05, 3.63) is 70.4 Å². The van der Waals surface area contributed by atoms with Crippen LogP contribution in [0.2, 0.25) is 0 Å². The Labute approximate surface area is 180 Å². The molecule has 30 heavy (non-hydrogen) atoms. The number of carbonyl (C=O) groups is 1. The quantitative estimate of drug-likeness (QED) is 0.367. The second-order valence-corrected chi connectivity index (χ2v) is 8.51. The predicted octanol–water partition coefficient (Wildman–Crippen LogP) is 7.16. The van der Waals surface area contributed by atoms with Crippen molar-refractivity contribution in [1.82, 2.24) is 4.98 Å². The zero-order chi connectivity index (χ0) is 21.5. The van der Waals surface area contributed by atoms with Crippen molar-refractivity contribution in [1.29, 1.82) is 0 Å². The van der Waals surface area contributed by atoms with Gasteiger partial charge in [-0.15, -0.1) is 11.3 Å². The Morgan fingerprint density at radius 1 is 1.00 bits per heavy atom. The molecule has 0 fully saturated rings. The lowest BCUT2D eigenvalue weighted by Gasteiger charge is -2.07. The molecule has 1 amide bonds. The van der Waals surface area contributed by atoms with E-state index in [1.54, 1.807) is 31.3 Å². The normalized spacial score (nSPS) is 10.9. The van der Waals surface area contributed by atoms with Gasteiger partial charge in [-0.2, -0.15) is 0 Å². The van der Waals surface area contributed by atoms with Crippen LogP contribution in [0.25, 0.3) is 11.1 Å². The van der Waals surface area contributed by atoms with Crippen molar-refractivity contribution in [2.45, 2.75) is 52.4 Å². The Morgan fingerprint density at radius 3 is 2.40 bits per heavy atom. The Hall–Kier alpha value is -2.60. The third-order valence-electron chi connectivity index (χ3n) is 5.00. The summed E-state index contributed by atoms with van der Waals surface area (Å²) in [4.78, 5) is 16.8. The van der Waals surface area contributed by atoms with Crippen molar-refractivity contribution in [2.24, 2.45) is 0 Å². The highest BCUT2D eigenvalue weighted by Gasteiger charge is 2.15. The van der Waals surface area contributed by atoms with Crippen LogP contribution in [0.1, 0.15) is 60.0 Å². The molecule has 0 bridgehead atoms. The fraction of sp³-hybridized carbons (Fsp3) is 0.333. The van der Waals surface area contributed by atoms with E-state index in [1.165, 1.54) is 55.2 Å². The van der Waals surface area contributed by atoms with Gasteiger partial charge in [-0.05, 0) is 54.7 Å². The van der Waals surface area contributed by atoms with Gasteiger partial charge in [0.2, 0.25) is 0 Å². The molecule has 3 rings (SSSR count). The lowest BCUT2D eigenvalue weighted by atomic mass is 10.0. The van der Waals surface area contributed by atoms with E-state index in [0.29, 0.717) is 21.7 Å². The molecule has 1 aromatic heterocycles. The molecule has 3 aromatic rings. The first-order valence-electron chi connectivity index (χ1n) is 10.3. The molecule has 2 aromatic carbocycles. The monoisotopic (exact) mass is 428 g/mol. The van der Waals surface area contributed by atoms with Gasteiger partial charge in [0, 0.05) is 0 Å². The number of rotatable bonds is 9. The minimum absolute atomic E-state index is 0.0548. The number of aryl methyl sites for hydroxylation is 2. The van der Waals surface area contributed by atoms with Gasteiger partial charge in [-0.25, -0.2) is 13.8 Å². The molecule has 6 heteroatoms. The smallest absolute Gasteiger partial charge is 0.259 e. The van der Waals surface area contributed by atoms with E-state index in [0.717, 1.165) is 17.8 Å². The molecule has 0 spiro atoms. The summed E-state index contributed by atoms with van der Waals surface area (Å²) >= 11 is 1.42. The first kappa shape index (κ1) is 22.1. The highest BCUT2D eigenvalue weighted by atomic mass is 32.1. The molecular formula is C24H26F2N2OS. The van der Waals surface area contributed by atoms with Gasteiger partial charge in [-0.3, -0.25) is 4.79 Å². The van der Waals surface area contributed by atoms with Crippen LogP contribution >= 0.6 is 11.3 Å². The SMILES string of the molecule is CCCCCCCc1ncc(NC(=O)c2ccc(-c3ccc(C)c(F)c3)cc2F)s1. The predicted molar refractivity (Wildman–Crippen MR) is 119 cm³/mol. The topological polar surface area (TPSA) is 42.0 Å². The molecule has 0 saturated carbocycles. The summed E-state index contributed by atoms with van der Waals surface area (Å²) in [5.41, 5.74) is 1.56. The van der Waals surface area contributed by atoms with Crippen LogP contribution in [0.4, 0.5) is 13.8 Å². The number of thiazole rings is 1. The molecule has 0 aliphatic heterocycles. The van der Waals surface area contributed by atoms with Crippen molar-refractivity contribution in [3.63, 3.8) is 0 Å². The summed E-state index contributed by atoms with van der Waals surface area (Å²) in [7, 11) is 0. The van der Waals surface area contributed by atoms with Gasteiger partial charge in [0.1, 0.15) is 16.6 Å². The number of nitrogens with zero attached hydrogens (tertiary/aromatic N) is 1. The number of aromatic nitrogens is 1. The summed E-state index contributed by atoms with van der Waals surface area (Å²) in [5, 5.41) is 4.30. The second kappa shape index (κ2) is 10.4. The molecule has 0 aliphatic rings. The molecule has 0 aliphatic carbocycles. The lowest BCUT2D eigenvalue weighted by molar-refractivity contribution is 0.102. The zero-order valence-corrected chi connectivity index (χ0v) is 18.1. The van der Waals surface area contributed by atoms with Gasteiger partial charge in [-0.1, -0.05) is 50.8 Å². The molecule has 0 atom stereocenters. The number of anilines is 1. The van der Waals surface area contributed by atoms with Gasteiger partial charge >= 0.3 is 0 Å². The van der Waals surface area contributed by atoms with Gasteiger partial charge in [0.25, 0.3) is 5.91 Å². The van der Waals surface area contributed by atoms with E-state index in [9.17, 15) is 13.6 Å². The van der Waals surface area contributed by atoms with Crippen LogP contribution in [0.3, 0.4) is 0 Å². The van der Waals surface area contributed by atoms with Gasteiger partial charge in [0.05, 0.1) is 16.8 Å². The third-order valence-corrected chi connectivity index (χ3v) is 5.98. The van der Waals surface area contributed by atoms with Gasteiger partial charge in [0.15, 0.2) is 0 Å². The summed E-state index contributed by atoms with van der Waals surface area (Å²) in [6.07, 6.45) is 8.46. The summed E-state index contributed by atoms with van der Waals surface area (Å²) in [5.74, 6) is -1.51. The Kier molecular flexibility index (Phi) is 7.69. The third kappa shape index (κ3) is 5.72. The second-order valence-electron chi connectivity index (χ2n) is 7.40. The Bertz CT molecular complexity index is 1020. The zero-order valence-electron chi connectivity index (χ0n) is 17.3. The highest BCUT2D eigenvalue weighted by Crippen LogP contribution is 2.26. The fourth-order valence-corrected chi connectivity index (χ4v) is 4.05. The highest BCUT2D eigenvalue weighted by molar-refractivity contribution is 7.15. The Morgan fingerprint density at radius 2 is 1.70 bits per heavy atom. The van der Waals surface area contributed by atoms with Gasteiger partial charge < -0.3 is 5.32 Å². The number of halogens is 2. The summed E-state index contributed by atoms with van der Waals surface area (Å²) in [6, 6.07) is 9.05. The average Bonchev–Trinajstić information content (AvgIpc) is 3.17. The molecule has 1 heterocycles. The van der Waals surface area contributed by atoms with Crippen LogP contribution in [0.15, 0.2) is 42.6 Å². The minimum atomic E-state index is -0.647. The summed E-state index contributed by atoms with van der Waals surface area (Å²) < 4.78 is 28.4. The Balaban J connectivity index is 1.62. The maximum absolute atomic E-state index is 14.6. The van der Waals surface area contributed by atoms with Crippen molar-refractivity contribution >= 4 is 22.2 Å². The van der Waals surface area contributed by atoms with E-state index in [-0.39, 0.29) is 11.4 Å². The van der Waals surface area contributed by atoms with E-state index >= 15 is 0 Å². The minimum Gasteiger partial charge on any atom is -0.312 e. The maximum Gasteiger partial charge on any atom is 0.259 e. The number of hydrogen-bond acceptors (Lipinski definition) is 3. The van der Waals surface area contributed by atoms with Crippen LogP contribution in [0, 0.1) is 18.6 Å². The first-order valence-corrected chi connectivity index (χ1v) is 11.1. The number of hydrogen-bond donors (Lipinski definition) is 1. The number of carbonyl (C=O) groups excluding carboxylic acids is 1. The molecule has 0 unspecified atom stereocenters. The van der Waals surface area contributed by atoms with E-state index in [1.807, 2.05) is 0 Å². The molecule has 1 N–H and O–H groups in total. The number of unbranched alkanes of at least 4 members (excludes halogenated alkanes) is 4.